The summed E-state index contributed by atoms with van der Waals surface area (Å²) < 4.78 is 0. The van der Waals surface area contributed by atoms with Crippen LogP contribution in [-0.4, -0.2) is 17.2 Å². The molecule has 0 fully saturated rings. The van der Waals surface area contributed by atoms with Gasteiger partial charge in [0.2, 0.25) is 0 Å². The summed E-state index contributed by atoms with van der Waals surface area (Å²) in [5.74, 6) is 0. The molecule has 1 unspecified atom stereocenters. The molecule has 1 nitrogen and oxygen atoms in total. The van der Waals surface area contributed by atoms with Crippen LogP contribution in [0.4, 0.5) is 0 Å². The molecule has 0 spiro atoms. The first kappa shape index (κ1) is 6.39. The Morgan fingerprint density at radius 3 is 1.67 bits per heavy atom. The average Bonchev–Trinajstić information content (AvgIpc) is 1.36. The van der Waals surface area contributed by atoms with Gasteiger partial charge in [-0.15, -0.1) is 0 Å². The molecule has 0 amide bonds. The second-order valence-electron chi connectivity index (χ2n) is 1.67. The van der Waals surface area contributed by atoms with Crippen LogP contribution < -0.4 is 0 Å². The third-order valence-electron chi connectivity index (χ3n) is 0.747. The quantitative estimate of drug-likeness (QED) is 0.501. The molecule has 0 aliphatic rings. The van der Waals surface area contributed by atoms with Crippen molar-refractivity contribution >= 4 is 8.15 Å². The van der Waals surface area contributed by atoms with Gasteiger partial charge >= 0.3 is 0 Å². The second-order valence-corrected chi connectivity index (χ2v) is 3.85. The first-order valence-electron chi connectivity index (χ1n) is 2.06. The van der Waals surface area contributed by atoms with Crippen LogP contribution in [0.15, 0.2) is 0 Å². The molecule has 0 aliphatic heterocycles. The molecule has 1 atom stereocenters. The summed E-state index contributed by atoms with van der Waals surface area (Å²) in [5.41, 5.74) is 0.472. The van der Waals surface area contributed by atoms with Crippen molar-refractivity contribution in [3.05, 3.63) is 0 Å². The summed E-state index contributed by atoms with van der Waals surface area (Å²) in [4.78, 5) is 8.69. The van der Waals surface area contributed by atoms with Gasteiger partial charge in [-0.25, -0.2) is 0 Å². The first-order chi connectivity index (χ1) is 2.64. The zero-order valence-electron chi connectivity index (χ0n) is 4.47. The SMILES string of the molecule is CC(C)P(C)O. The lowest BCUT2D eigenvalue weighted by molar-refractivity contribution is 0.619. The van der Waals surface area contributed by atoms with Crippen LogP contribution in [0.3, 0.4) is 0 Å². The molecule has 0 aromatic rings. The lowest BCUT2D eigenvalue weighted by Gasteiger charge is -2.04. The summed E-state index contributed by atoms with van der Waals surface area (Å²) in [5, 5.41) is 0. The Morgan fingerprint density at radius 2 is 1.67 bits per heavy atom. The highest BCUT2D eigenvalue weighted by Gasteiger charge is 1.97. The Labute approximate surface area is 40.2 Å². The molecule has 0 rings (SSSR count). The summed E-state index contributed by atoms with van der Waals surface area (Å²) >= 11 is 0. The molecule has 0 radical (unpaired) electrons. The van der Waals surface area contributed by atoms with Gasteiger partial charge < -0.3 is 4.89 Å². The summed E-state index contributed by atoms with van der Waals surface area (Å²) in [6.45, 7) is 5.90. The van der Waals surface area contributed by atoms with Crippen LogP contribution in [0.1, 0.15) is 13.8 Å². The third kappa shape index (κ3) is 2.62. The van der Waals surface area contributed by atoms with E-state index < -0.39 is 8.15 Å². The van der Waals surface area contributed by atoms with Gasteiger partial charge in [0.15, 0.2) is 0 Å². The van der Waals surface area contributed by atoms with Gasteiger partial charge in [0.1, 0.15) is 0 Å². The van der Waals surface area contributed by atoms with Crippen LogP contribution in [0.5, 0.6) is 0 Å². The van der Waals surface area contributed by atoms with Crippen molar-refractivity contribution < 1.29 is 4.89 Å². The fraction of sp³-hybridized carbons (Fsp3) is 1.00. The Hall–Kier alpha value is 0.390. The molecule has 0 heterocycles. The van der Waals surface area contributed by atoms with E-state index in [4.69, 9.17) is 4.89 Å². The highest BCUT2D eigenvalue weighted by atomic mass is 31.1. The Morgan fingerprint density at radius 1 is 1.50 bits per heavy atom. The van der Waals surface area contributed by atoms with E-state index in [9.17, 15) is 0 Å². The molecular formula is C4H11OP. The summed E-state index contributed by atoms with van der Waals surface area (Å²) in [7, 11) is -0.659. The van der Waals surface area contributed by atoms with Gasteiger partial charge in [-0.3, -0.25) is 0 Å². The molecule has 0 aromatic heterocycles. The standard InChI is InChI=1S/C4H11OP/c1-4(2)6(3)5/h4-5H,1-3H3. The minimum Gasteiger partial charge on any atom is -0.374 e. The van der Waals surface area contributed by atoms with Crippen molar-refractivity contribution in [2.75, 3.05) is 6.66 Å². The molecule has 1 N–H and O–H groups in total. The van der Waals surface area contributed by atoms with Crippen molar-refractivity contribution in [3.8, 4) is 0 Å². The maximum Gasteiger partial charge on any atom is 0.0245 e. The van der Waals surface area contributed by atoms with Gasteiger partial charge in [0.25, 0.3) is 0 Å². The van der Waals surface area contributed by atoms with Gasteiger partial charge in [-0.2, -0.15) is 0 Å². The zero-order valence-corrected chi connectivity index (χ0v) is 5.37. The predicted octanol–water partition coefficient (Wildman–Crippen LogP) is 1.41. The van der Waals surface area contributed by atoms with E-state index in [1.165, 1.54) is 0 Å². The van der Waals surface area contributed by atoms with Crippen LogP contribution >= 0.6 is 8.15 Å². The molecular weight excluding hydrogens is 95.0 g/mol. The predicted molar refractivity (Wildman–Crippen MR) is 30.2 cm³/mol. The first-order valence-corrected chi connectivity index (χ1v) is 3.87. The summed E-state index contributed by atoms with van der Waals surface area (Å²) in [6.07, 6.45) is 0. The van der Waals surface area contributed by atoms with E-state index in [-0.39, 0.29) is 0 Å². The minimum absolute atomic E-state index is 0.472. The fourth-order valence-corrected chi connectivity index (χ4v) is 0. The normalized spacial score (nSPS) is 15.5. The highest BCUT2D eigenvalue weighted by Crippen LogP contribution is 2.29. The van der Waals surface area contributed by atoms with E-state index in [2.05, 4.69) is 0 Å². The van der Waals surface area contributed by atoms with E-state index in [1.807, 2.05) is 20.5 Å². The maximum absolute atomic E-state index is 8.69. The van der Waals surface area contributed by atoms with Crippen molar-refractivity contribution in [1.29, 1.82) is 0 Å². The second kappa shape index (κ2) is 2.54. The summed E-state index contributed by atoms with van der Waals surface area (Å²) in [6, 6.07) is 0. The maximum atomic E-state index is 8.69. The van der Waals surface area contributed by atoms with Crippen LogP contribution in [0.25, 0.3) is 0 Å². The molecule has 0 saturated carbocycles. The largest absolute Gasteiger partial charge is 0.374 e. The Kier molecular flexibility index (Phi) is 2.71. The average molecular weight is 106 g/mol. The van der Waals surface area contributed by atoms with E-state index in [0.29, 0.717) is 5.66 Å². The zero-order chi connectivity index (χ0) is 5.15. The lowest BCUT2D eigenvalue weighted by Crippen LogP contribution is -1.87. The number of rotatable bonds is 1. The molecule has 0 saturated heterocycles. The van der Waals surface area contributed by atoms with Crippen LogP contribution in [0, 0.1) is 0 Å². The van der Waals surface area contributed by atoms with Gasteiger partial charge in [-0.05, 0) is 12.3 Å². The third-order valence-corrected chi connectivity index (χ3v) is 2.24. The minimum atomic E-state index is -0.659. The van der Waals surface area contributed by atoms with Crippen molar-refractivity contribution in [1.82, 2.24) is 0 Å². The van der Waals surface area contributed by atoms with E-state index in [1.54, 1.807) is 0 Å². The lowest BCUT2D eigenvalue weighted by atomic mass is 10.6. The van der Waals surface area contributed by atoms with Gasteiger partial charge in [-0.1, -0.05) is 13.8 Å². The molecule has 0 aromatic carbocycles. The smallest absolute Gasteiger partial charge is 0.0245 e. The Bertz CT molecular complexity index is 28.5. The number of hydrogen-bond donors (Lipinski definition) is 1. The molecule has 6 heavy (non-hydrogen) atoms. The number of hydrogen-bond acceptors (Lipinski definition) is 1. The molecule has 0 aliphatic carbocycles. The van der Waals surface area contributed by atoms with Crippen molar-refractivity contribution in [3.63, 3.8) is 0 Å². The van der Waals surface area contributed by atoms with Gasteiger partial charge in [0, 0.05) is 8.15 Å². The molecule has 38 valence electrons. The van der Waals surface area contributed by atoms with Gasteiger partial charge in [0.05, 0.1) is 0 Å². The van der Waals surface area contributed by atoms with Crippen molar-refractivity contribution in [2.24, 2.45) is 0 Å². The van der Waals surface area contributed by atoms with Crippen LogP contribution in [-0.2, 0) is 0 Å². The molecule has 0 bridgehead atoms. The van der Waals surface area contributed by atoms with E-state index >= 15 is 0 Å². The van der Waals surface area contributed by atoms with E-state index in [0.717, 1.165) is 0 Å². The topological polar surface area (TPSA) is 20.2 Å². The van der Waals surface area contributed by atoms with Crippen LogP contribution in [0.2, 0.25) is 0 Å². The van der Waals surface area contributed by atoms with Crippen molar-refractivity contribution in [2.45, 2.75) is 19.5 Å². The monoisotopic (exact) mass is 106 g/mol. The fourth-order valence-electron chi connectivity index (χ4n) is 0. The molecule has 2 heteroatoms. The Balaban J connectivity index is 2.99. The highest BCUT2D eigenvalue weighted by molar-refractivity contribution is 7.51.